The molecule has 5 nitrogen and oxygen atoms in total. The Kier molecular flexibility index (Phi) is 5.47. The van der Waals surface area contributed by atoms with Gasteiger partial charge in [-0.1, -0.05) is 36.9 Å². The zero-order valence-electron chi connectivity index (χ0n) is 16.4. The van der Waals surface area contributed by atoms with Gasteiger partial charge in [0.25, 0.3) is 0 Å². The molecule has 0 unspecified atom stereocenters. The molecule has 0 aliphatic carbocycles. The molecule has 0 saturated carbocycles. The number of pyridine rings is 2. The van der Waals surface area contributed by atoms with E-state index in [2.05, 4.69) is 56.4 Å². The number of amidine groups is 1. The molecular weight excluding hydrogens is 358 g/mol. The minimum Gasteiger partial charge on any atom is -0.350 e. The van der Waals surface area contributed by atoms with E-state index in [1.807, 2.05) is 37.4 Å². The average molecular weight is 381 g/mol. The molecular formula is C24H23N5. The number of aliphatic imine (C=N–C) groups is 1. The minimum absolute atomic E-state index is 0.738. The smallest absolute Gasteiger partial charge is 0.138 e. The molecule has 1 aliphatic heterocycles. The van der Waals surface area contributed by atoms with E-state index in [1.165, 1.54) is 5.56 Å². The van der Waals surface area contributed by atoms with E-state index in [1.54, 1.807) is 18.6 Å². The highest BCUT2D eigenvalue weighted by molar-refractivity contribution is 6.10. The molecule has 29 heavy (non-hydrogen) atoms. The van der Waals surface area contributed by atoms with E-state index in [0.29, 0.717) is 0 Å². The Labute approximate surface area is 171 Å². The van der Waals surface area contributed by atoms with Crippen LogP contribution in [0.25, 0.3) is 11.1 Å². The Morgan fingerprint density at radius 3 is 2.83 bits per heavy atom. The average Bonchev–Trinajstić information content (AvgIpc) is 2.87. The van der Waals surface area contributed by atoms with Gasteiger partial charge in [-0.3, -0.25) is 9.98 Å². The van der Waals surface area contributed by atoms with Crippen molar-refractivity contribution in [3.05, 3.63) is 96.6 Å². The van der Waals surface area contributed by atoms with Crippen LogP contribution in [0.5, 0.6) is 0 Å². The summed E-state index contributed by atoms with van der Waals surface area (Å²) >= 11 is 0. The van der Waals surface area contributed by atoms with Crippen LogP contribution in [0, 0.1) is 0 Å². The summed E-state index contributed by atoms with van der Waals surface area (Å²) in [5.74, 6) is 1.64. The Hall–Kier alpha value is -3.73. The molecule has 5 heteroatoms. The van der Waals surface area contributed by atoms with Crippen molar-refractivity contribution >= 4 is 28.5 Å². The first kappa shape index (κ1) is 18.6. The predicted molar refractivity (Wildman–Crippen MR) is 120 cm³/mol. The number of hydrogen-bond donors (Lipinski definition) is 2. The van der Waals surface area contributed by atoms with Gasteiger partial charge >= 0.3 is 0 Å². The molecule has 0 saturated heterocycles. The fraction of sp³-hybridized carbons (Fsp3) is 0.125. The summed E-state index contributed by atoms with van der Waals surface area (Å²) < 4.78 is 0. The Balaban J connectivity index is 1.56. The lowest BCUT2D eigenvalue weighted by Crippen LogP contribution is -2.15. The normalized spacial score (nSPS) is 14.6. The van der Waals surface area contributed by atoms with E-state index in [0.717, 1.165) is 52.6 Å². The molecule has 144 valence electrons. The number of nitrogens with zero attached hydrogens (tertiary/aromatic N) is 3. The van der Waals surface area contributed by atoms with Crippen molar-refractivity contribution in [1.29, 1.82) is 0 Å². The van der Waals surface area contributed by atoms with Crippen LogP contribution in [0.4, 0.5) is 11.5 Å². The Morgan fingerprint density at radius 2 is 1.97 bits per heavy atom. The van der Waals surface area contributed by atoms with Crippen molar-refractivity contribution < 1.29 is 0 Å². The van der Waals surface area contributed by atoms with E-state index in [9.17, 15) is 0 Å². The third-order valence-electron chi connectivity index (χ3n) is 4.84. The van der Waals surface area contributed by atoms with Crippen molar-refractivity contribution in [3.63, 3.8) is 0 Å². The summed E-state index contributed by atoms with van der Waals surface area (Å²) in [7, 11) is 0. The van der Waals surface area contributed by atoms with Crippen LogP contribution >= 0.6 is 0 Å². The van der Waals surface area contributed by atoms with E-state index in [-0.39, 0.29) is 0 Å². The van der Waals surface area contributed by atoms with Crippen LogP contribution in [0.1, 0.15) is 23.6 Å². The highest BCUT2D eigenvalue weighted by Gasteiger charge is 2.20. The van der Waals surface area contributed by atoms with Crippen molar-refractivity contribution in [1.82, 2.24) is 15.3 Å². The van der Waals surface area contributed by atoms with Crippen LogP contribution < -0.4 is 10.6 Å². The van der Waals surface area contributed by atoms with Crippen LogP contribution in [0.3, 0.4) is 0 Å². The zero-order chi connectivity index (χ0) is 20.1. The maximum atomic E-state index is 4.64. The number of anilines is 2. The van der Waals surface area contributed by atoms with E-state index >= 15 is 0 Å². The second kappa shape index (κ2) is 8.52. The highest BCUT2D eigenvalue weighted by atomic mass is 15.0. The van der Waals surface area contributed by atoms with Gasteiger partial charge in [0.1, 0.15) is 5.82 Å². The molecule has 0 spiro atoms. The second-order valence-electron chi connectivity index (χ2n) is 6.83. The maximum Gasteiger partial charge on any atom is 0.138 e. The van der Waals surface area contributed by atoms with Gasteiger partial charge in [0.15, 0.2) is 0 Å². The first-order valence-corrected chi connectivity index (χ1v) is 9.60. The van der Waals surface area contributed by atoms with Crippen LogP contribution in [-0.4, -0.2) is 22.3 Å². The van der Waals surface area contributed by atoms with Gasteiger partial charge in [-0.05, 0) is 42.7 Å². The number of benzene rings is 1. The van der Waals surface area contributed by atoms with E-state index in [4.69, 9.17) is 0 Å². The summed E-state index contributed by atoms with van der Waals surface area (Å²) in [5, 5.41) is 6.70. The second-order valence-corrected chi connectivity index (χ2v) is 6.83. The van der Waals surface area contributed by atoms with E-state index < -0.39 is 0 Å². The predicted octanol–water partition coefficient (Wildman–Crippen LogP) is 4.84. The summed E-state index contributed by atoms with van der Waals surface area (Å²) in [4.78, 5) is 13.3. The lowest BCUT2D eigenvalue weighted by molar-refractivity contribution is 0.955. The Bertz CT molecular complexity index is 1080. The third-order valence-corrected chi connectivity index (χ3v) is 4.84. The summed E-state index contributed by atoms with van der Waals surface area (Å²) in [5.41, 5.74) is 6.06. The molecule has 0 bridgehead atoms. The number of allylic oxidation sites excluding steroid dienone is 2. The first-order chi connectivity index (χ1) is 14.2. The number of fused-ring (bicyclic) bond motifs is 2. The zero-order valence-corrected chi connectivity index (χ0v) is 16.4. The van der Waals surface area contributed by atoms with Gasteiger partial charge in [0.2, 0.25) is 0 Å². The number of hydrogen-bond acceptors (Lipinski definition) is 4. The van der Waals surface area contributed by atoms with Gasteiger partial charge in [-0.25, -0.2) is 4.98 Å². The lowest BCUT2D eigenvalue weighted by Gasteiger charge is -2.11. The van der Waals surface area contributed by atoms with Crippen LogP contribution in [0.15, 0.2) is 84.9 Å². The largest absolute Gasteiger partial charge is 0.350 e. The Morgan fingerprint density at radius 1 is 1.10 bits per heavy atom. The fourth-order valence-electron chi connectivity index (χ4n) is 3.30. The molecule has 1 aromatic carbocycles. The van der Waals surface area contributed by atoms with Gasteiger partial charge in [-0.15, -0.1) is 0 Å². The SMILES string of the molecule is C=C1/C(=C\NC(C)=NCCc2ccccc2)c2ccncc2Nc2ncccc21. The van der Waals surface area contributed by atoms with Gasteiger partial charge < -0.3 is 10.6 Å². The molecule has 4 rings (SSSR count). The maximum absolute atomic E-state index is 4.64. The summed E-state index contributed by atoms with van der Waals surface area (Å²) in [6.45, 7) is 7.04. The summed E-state index contributed by atoms with van der Waals surface area (Å²) in [6.07, 6.45) is 8.24. The topological polar surface area (TPSA) is 62.2 Å². The lowest BCUT2D eigenvalue weighted by atomic mass is 9.96. The van der Waals surface area contributed by atoms with Crippen molar-refractivity contribution in [2.75, 3.05) is 11.9 Å². The first-order valence-electron chi connectivity index (χ1n) is 9.60. The fourth-order valence-corrected chi connectivity index (χ4v) is 3.30. The molecule has 2 aromatic heterocycles. The molecule has 3 heterocycles. The van der Waals surface area contributed by atoms with Crippen LogP contribution in [-0.2, 0) is 6.42 Å². The minimum atomic E-state index is 0.738. The van der Waals surface area contributed by atoms with Crippen molar-refractivity contribution in [2.24, 2.45) is 4.99 Å². The molecule has 3 aromatic rings. The molecule has 2 N–H and O–H groups in total. The number of rotatable bonds is 4. The monoisotopic (exact) mass is 381 g/mol. The third kappa shape index (κ3) is 4.24. The quantitative estimate of drug-likeness (QED) is 0.501. The molecule has 1 aliphatic rings. The van der Waals surface area contributed by atoms with Gasteiger partial charge in [0, 0.05) is 41.8 Å². The molecule has 0 atom stereocenters. The van der Waals surface area contributed by atoms with Crippen LogP contribution in [0.2, 0.25) is 0 Å². The standard InChI is InChI=1S/C24H23N5/c1-17-20-9-6-12-27-24(20)29-23-16-25-13-11-21(23)22(17)15-28-18(2)26-14-10-19-7-4-3-5-8-19/h3-9,11-13,15-16H,1,10,14H2,2H3,(H,26,28)(H,27,29)/b22-15+. The molecule has 0 radical (unpaired) electrons. The van der Waals surface area contributed by atoms with Gasteiger partial charge in [0.05, 0.1) is 17.7 Å². The number of aromatic nitrogens is 2. The van der Waals surface area contributed by atoms with Crippen molar-refractivity contribution in [2.45, 2.75) is 13.3 Å². The summed E-state index contributed by atoms with van der Waals surface area (Å²) in [6, 6.07) is 16.3. The highest BCUT2D eigenvalue weighted by Crippen LogP contribution is 2.40. The van der Waals surface area contributed by atoms with Crippen molar-refractivity contribution in [3.8, 4) is 0 Å². The van der Waals surface area contributed by atoms with Gasteiger partial charge in [-0.2, -0.15) is 0 Å². The number of nitrogens with one attached hydrogen (secondary N) is 2. The molecule has 0 amide bonds. The molecule has 0 fully saturated rings.